The molecule has 5 heteroatoms. The van der Waals surface area contributed by atoms with E-state index in [2.05, 4.69) is 146 Å². The van der Waals surface area contributed by atoms with E-state index in [0.29, 0.717) is 17.5 Å². The van der Waals surface area contributed by atoms with Crippen molar-refractivity contribution in [2.45, 2.75) is 37.5 Å². The average molecular weight is 870 g/mol. The third-order valence-corrected chi connectivity index (χ3v) is 16.6. The maximum Gasteiger partial charge on any atom is 0.171 e. The van der Waals surface area contributed by atoms with Gasteiger partial charge in [-0.15, -0.1) is 0 Å². The van der Waals surface area contributed by atoms with Crippen molar-refractivity contribution in [3.05, 3.63) is 242 Å². The van der Waals surface area contributed by atoms with Crippen LogP contribution in [-0.2, 0) is 9.98 Å². The summed E-state index contributed by atoms with van der Waals surface area (Å²) in [4.78, 5) is 15.2. The van der Waals surface area contributed by atoms with Crippen LogP contribution in [0.15, 0.2) is 231 Å². The van der Waals surface area contributed by atoms with Gasteiger partial charge in [-0.1, -0.05) is 238 Å². The number of hydrogen-bond donors (Lipinski definition) is 0. The van der Waals surface area contributed by atoms with Gasteiger partial charge in [-0.25, -0.2) is 15.0 Å². The lowest BCUT2D eigenvalue weighted by Crippen LogP contribution is -2.30. The van der Waals surface area contributed by atoms with E-state index >= 15 is 4.57 Å². The summed E-state index contributed by atoms with van der Waals surface area (Å²) in [6, 6.07) is 80.0. The molecule has 0 amide bonds. The van der Waals surface area contributed by atoms with Crippen LogP contribution in [0.25, 0.3) is 67.2 Å². The van der Waals surface area contributed by atoms with E-state index in [9.17, 15) is 0 Å². The second-order valence-electron chi connectivity index (χ2n) is 17.4. The van der Waals surface area contributed by atoms with Crippen LogP contribution in [0.5, 0.6) is 0 Å². The van der Waals surface area contributed by atoms with E-state index in [1.165, 1.54) is 30.4 Å². The number of benzene rings is 9. The molecule has 66 heavy (non-hydrogen) atoms. The largest absolute Gasteiger partial charge is 0.309 e. The summed E-state index contributed by atoms with van der Waals surface area (Å²) >= 11 is 0. The molecule has 0 N–H and O–H groups in total. The Morgan fingerprint density at radius 2 is 0.788 bits per heavy atom. The molecule has 0 saturated heterocycles. The summed E-state index contributed by atoms with van der Waals surface area (Å²) in [7, 11) is -3.18. The van der Waals surface area contributed by atoms with Crippen molar-refractivity contribution >= 4 is 33.8 Å². The molecule has 0 unspecified atom stereocenters. The lowest BCUT2D eigenvalue weighted by atomic mass is 9.65. The molecule has 11 rings (SSSR count). The van der Waals surface area contributed by atoms with Crippen LogP contribution in [0, 0.1) is 0 Å². The Morgan fingerprint density at radius 3 is 1.36 bits per heavy atom. The Morgan fingerprint density at radius 1 is 0.348 bits per heavy atom. The zero-order valence-corrected chi connectivity index (χ0v) is 37.6. The average Bonchev–Trinajstić information content (AvgIpc) is 3.41. The Balaban J connectivity index is 0.946. The lowest BCUT2D eigenvalue weighted by Gasteiger charge is -2.39. The van der Waals surface area contributed by atoms with Gasteiger partial charge >= 0.3 is 0 Å². The Labute approximate surface area is 387 Å². The first-order chi connectivity index (χ1) is 32.6. The Kier molecular flexibility index (Phi) is 11.1. The highest BCUT2D eigenvalue weighted by Crippen LogP contribution is 2.48. The van der Waals surface area contributed by atoms with Gasteiger partial charge in [-0.05, 0) is 69.1 Å². The quantitative estimate of drug-likeness (QED) is 0.129. The first-order valence-corrected chi connectivity index (χ1v) is 24.7. The molecular weight excluding hydrogens is 822 g/mol. The number of nitrogens with zero attached hydrogens (tertiary/aromatic N) is 3. The van der Waals surface area contributed by atoms with E-state index in [0.717, 1.165) is 78.5 Å². The van der Waals surface area contributed by atoms with Gasteiger partial charge in [0.2, 0.25) is 0 Å². The van der Waals surface area contributed by atoms with Crippen molar-refractivity contribution in [2.24, 2.45) is 0 Å². The minimum absolute atomic E-state index is 0.115. The molecule has 0 spiro atoms. The fraction of sp³-hybridized carbons (Fsp3) is 0.0984. The molecule has 4 nitrogen and oxygen atoms in total. The second-order valence-corrected chi connectivity index (χ2v) is 20.1. The molecule has 10 aromatic rings. The maximum absolute atomic E-state index is 15.6. The highest BCUT2D eigenvalue weighted by molar-refractivity contribution is 7.85. The van der Waals surface area contributed by atoms with E-state index in [4.69, 9.17) is 15.0 Å². The lowest BCUT2D eigenvalue weighted by molar-refractivity contribution is 0.346. The predicted octanol–water partition coefficient (Wildman–Crippen LogP) is 14.2. The zero-order chi connectivity index (χ0) is 44.3. The second kappa shape index (κ2) is 17.8. The number of aromatic nitrogens is 3. The van der Waals surface area contributed by atoms with Gasteiger partial charge in [0.1, 0.15) is 0 Å². The molecule has 1 heterocycles. The van der Waals surface area contributed by atoms with Crippen LogP contribution in [0.3, 0.4) is 0 Å². The molecule has 318 valence electrons. The standard InChI is InChI=1S/C61H48N3OP/c65-66(52-25-10-3-11-26-52,53-27-12-4-13-28-53)57-40-39-54(55-29-14-15-30-56(55)57)45-31-35-50(36-32-45)61(41-16-5-17-42-61)51-37-33-47(34-38-51)59-62-58(46-21-8-2-9-22-46)63-60(64-59)49-24-18-23-48(43-49)44-19-6-1-7-20-44/h1-4,6-15,18-40,43H,5,16-17,41-42H2. The predicted molar refractivity (Wildman–Crippen MR) is 274 cm³/mol. The topological polar surface area (TPSA) is 55.7 Å². The SMILES string of the molecule is O=P(c1ccccc1)(c1ccccc1)c1ccc(-c2ccc(C3(c4ccc(-c5nc(-c6ccccc6)nc(-c6cccc(-c7ccccc7)c6)n5)cc4)CCCCC3)cc2)c2ccccc12. The first kappa shape index (κ1) is 41.2. The monoisotopic (exact) mass is 869 g/mol. The van der Waals surface area contributed by atoms with Crippen molar-refractivity contribution in [3.8, 4) is 56.4 Å². The van der Waals surface area contributed by atoms with Crippen molar-refractivity contribution in [1.82, 2.24) is 15.0 Å². The Bertz CT molecular complexity index is 3290. The van der Waals surface area contributed by atoms with Crippen LogP contribution in [0.1, 0.15) is 43.2 Å². The van der Waals surface area contributed by atoms with Crippen molar-refractivity contribution < 1.29 is 4.57 Å². The third kappa shape index (κ3) is 7.68. The van der Waals surface area contributed by atoms with Crippen LogP contribution < -0.4 is 15.9 Å². The van der Waals surface area contributed by atoms with Gasteiger partial charge in [-0.3, -0.25) is 0 Å². The molecule has 1 fully saturated rings. The molecular formula is C61H48N3OP. The first-order valence-electron chi connectivity index (χ1n) is 23.0. The van der Waals surface area contributed by atoms with Crippen molar-refractivity contribution in [2.75, 3.05) is 0 Å². The maximum atomic E-state index is 15.6. The molecule has 1 aliphatic carbocycles. The van der Waals surface area contributed by atoms with Gasteiger partial charge in [0.25, 0.3) is 0 Å². The molecule has 9 aromatic carbocycles. The summed E-state index contributed by atoms with van der Waals surface area (Å²) in [5.74, 6) is 1.95. The molecule has 0 radical (unpaired) electrons. The minimum Gasteiger partial charge on any atom is -0.309 e. The van der Waals surface area contributed by atoms with Crippen LogP contribution in [0.4, 0.5) is 0 Å². The number of fused-ring (bicyclic) bond motifs is 1. The van der Waals surface area contributed by atoms with E-state index in [1.54, 1.807) is 0 Å². The molecule has 1 aromatic heterocycles. The minimum atomic E-state index is -3.18. The molecule has 1 saturated carbocycles. The highest BCUT2D eigenvalue weighted by atomic mass is 31.2. The van der Waals surface area contributed by atoms with Crippen molar-refractivity contribution in [3.63, 3.8) is 0 Å². The normalized spacial score (nSPS) is 13.6. The van der Waals surface area contributed by atoms with Crippen LogP contribution in [0.2, 0.25) is 0 Å². The van der Waals surface area contributed by atoms with Gasteiger partial charge in [0, 0.05) is 38.0 Å². The van der Waals surface area contributed by atoms with E-state index in [1.807, 2.05) is 84.9 Å². The Hall–Kier alpha value is -7.52. The molecule has 0 atom stereocenters. The molecule has 1 aliphatic rings. The van der Waals surface area contributed by atoms with E-state index < -0.39 is 7.14 Å². The molecule has 0 bridgehead atoms. The summed E-state index contributed by atoms with van der Waals surface area (Å²) in [5.41, 5.74) is 9.94. The number of rotatable bonds is 10. The fourth-order valence-electron chi connectivity index (χ4n) is 10.1. The number of hydrogen-bond acceptors (Lipinski definition) is 4. The van der Waals surface area contributed by atoms with Gasteiger partial charge in [-0.2, -0.15) is 0 Å². The van der Waals surface area contributed by atoms with Gasteiger partial charge in [0.15, 0.2) is 24.6 Å². The smallest absolute Gasteiger partial charge is 0.171 e. The third-order valence-electron chi connectivity index (χ3n) is 13.5. The summed E-state index contributed by atoms with van der Waals surface area (Å²) in [6.45, 7) is 0. The summed E-state index contributed by atoms with van der Waals surface area (Å²) < 4.78 is 15.6. The zero-order valence-electron chi connectivity index (χ0n) is 36.7. The van der Waals surface area contributed by atoms with Crippen LogP contribution >= 0.6 is 7.14 Å². The van der Waals surface area contributed by atoms with Crippen molar-refractivity contribution in [1.29, 1.82) is 0 Å². The van der Waals surface area contributed by atoms with Gasteiger partial charge < -0.3 is 4.57 Å². The van der Waals surface area contributed by atoms with Crippen LogP contribution in [-0.4, -0.2) is 15.0 Å². The van der Waals surface area contributed by atoms with E-state index in [-0.39, 0.29) is 5.41 Å². The van der Waals surface area contributed by atoms with Gasteiger partial charge in [0.05, 0.1) is 0 Å². The summed E-state index contributed by atoms with van der Waals surface area (Å²) in [6.07, 6.45) is 5.77. The fourth-order valence-corrected chi connectivity index (χ4v) is 13.0. The molecule has 0 aliphatic heterocycles. The summed E-state index contributed by atoms with van der Waals surface area (Å²) in [5, 5.41) is 4.65. The highest BCUT2D eigenvalue weighted by Gasteiger charge is 2.36.